The maximum absolute atomic E-state index is 12.5. The molecule has 1 fully saturated rings. The van der Waals surface area contributed by atoms with E-state index < -0.39 is 10.2 Å². The monoisotopic (exact) mass is 274 g/mol. The Bertz CT molecular complexity index is 374. The summed E-state index contributed by atoms with van der Waals surface area (Å²) in [5, 5.41) is 0. The molecule has 1 saturated heterocycles. The summed E-state index contributed by atoms with van der Waals surface area (Å²) in [5.41, 5.74) is 0. The fourth-order valence-electron chi connectivity index (χ4n) is 2.03. The number of rotatable bonds is 6. The lowest BCUT2D eigenvalue weighted by molar-refractivity contribution is -0.0453. The van der Waals surface area contributed by atoms with E-state index in [0.717, 1.165) is 0 Å². The van der Waals surface area contributed by atoms with E-state index in [1.807, 2.05) is 13.8 Å². The molecule has 0 bridgehead atoms. The first-order valence-electron chi connectivity index (χ1n) is 6.04. The van der Waals surface area contributed by atoms with Gasteiger partial charge in [-0.05, 0) is 13.8 Å². The van der Waals surface area contributed by atoms with Crippen LogP contribution in [0.3, 0.4) is 0 Å². The average molecular weight is 274 g/mol. The fraction of sp³-hybridized carbons (Fsp3) is 0.667. The van der Waals surface area contributed by atoms with Gasteiger partial charge in [-0.2, -0.15) is 17.0 Å². The highest BCUT2D eigenvalue weighted by molar-refractivity contribution is 7.86. The fourth-order valence-corrected chi connectivity index (χ4v) is 3.74. The van der Waals surface area contributed by atoms with E-state index in [1.54, 1.807) is 12.2 Å². The lowest BCUT2D eigenvalue weighted by Crippen LogP contribution is -2.53. The molecule has 6 heteroatoms. The highest BCUT2D eigenvalue weighted by Gasteiger charge is 2.34. The summed E-state index contributed by atoms with van der Waals surface area (Å²) in [4.78, 5) is 0. The van der Waals surface area contributed by atoms with Crippen LogP contribution in [0.5, 0.6) is 0 Å². The Morgan fingerprint density at radius 3 is 2.06 bits per heavy atom. The first kappa shape index (κ1) is 15.4. The molecule has 0 saturated carbocycles. The van der Waals surface area contributed by atoms with Gasteiger partial charge < -0.3 is 4.74 Å². The van der Waals surface area contributed by atoms with E-state index in [4.69, 9.17) is 4.74 Å². The van der Waals surface area contributed by atoms with Crippen molar-refractivity contribution in [3.63, 3.8) is 0 Å². The zero-order valence-corrected chi connectivity index (χ0v) is 11.9. The molecule has 0 spiro atoms. The van der Waals surface area contributed by atoms with Crippen molar-refractivity contribution in [1.82, 2.24) is 8.61 Å². The molecule has 0 N–H and O–H groups in total. The molecule has 0 aromatic rings. The van der Waals surface area contributed by atoms with Gasteiger partial charge in [0.2, 0.25) is 0 Å². The third-order valence-electron chi connectivity index (χ3n) is 2.70. The summed E-state index contributed by atoms with van der Waals surface area (Å²) >= 11 is 0. The number of ether oxygens (including phenoxy) is 1. The third-order valence-corrected chi connectivity index (χ3v) is 4.61. The summed E-state index contributed by atoms with van der Waals surface area (Å²) < 4.78 is 33.3. The van der Waals surface area contributed by atoms with Crippen LogP contribution in [0.25, 0.3) is 0 Å². The van der Waals surface area contributed by atoms with Gasteiger partial charge in [0.1, 0.15) is 0 Å². The van der Waals surface area contributed by atoms with Gasteiger partial charge in [-0.25, -0.2) is 0 Å². The molecule has 2 unspecified atom stereocenters. The maximum Gasteiger partial charge on any atom is 0.282 e. The normalized spacial score (nSPS) is 26.2. The minimum atomic E-state index is -3.47. The number of nitrogens with zero attached hydrogens (tertiary/aromatic N) is 2. The standard InChI is InChI=1S/C12H22N2O3S/c1-5-7-13(8-6-2)18(15,16)14-9-11(3)17-12(4)10-14/h5-6,11-12H,1-2,7-10H2,3-4H3. The van der Waals surface area contributed by atoms with Crippen molar-refractivity contribution in [2.24, 2.45) is 0 Å². The quantitative estimate of drug-likeness (QED) is 0.679. The Hall–Kier alpha value is -0.690. The lowest BCUT2D eigenvalue weighted by atomic mass is 10.3. The second-order valence-corrected chi connectivity index (χ2v) is 6.40. The van der Waals surface area contributed by atoms with Gasteiger partial charge in [-0.3, -0.25) is 0 Å². The summed E-state index contributed by atoms with van der Waals surface area (Å²) in [6.45, 7) is 12.3. The second kappa shape index (κ2) is 6.47. The Labute approximate surface area is 110 Å². The van der Waals surface area contributed by atoms with Crippen LogP contribution < -0.4 is 0 Å². The van der Waals surface area contributed by atoms with Crippen molar-refractivity contribution in [2.75, 3.05) is 26.2 Å². The van der Waals surface area contributed by atoms with Crippen LogP contribution in [0, 0.1) is 0 Å². The molecule has 104 valence electrons. The van der Waals surface area contributed by atoms with Gasteiger partial charge in [-0.15, -0.1) is 13.2 Å². The molecular weight excluding hydrogens is 252 g/mol. The predicted molar refractivity (Wildman–Crippen MR) is 72.5 cm³/mol. The van der Waals surface area contributed by atoms with Gasteiger partial charge in [0.25, 0.3) is 10.2 Å². The largest absolute Gasteiger partial charge is 0.373 e. The number of morpholine rings is 1. The summed E-state index contributed by atoms with van der Waals surface area (Å²) in [5.74, 6) is 0. The van der Waals surface area contributed by atoms with Crippen molar-refractivity contribution in [3.05, 3.63) is 25.3 Å². The van der Waals surface area contributed by atoms with Gasteiger partial charge in [0.15, 0.2) is 0 Å². The van der Waals surface area contributed by atoms with Gasteiger partial charge in [-0.1, -0.05) is 12.2 Å². The van der Waals surface area contributed by atoms with Crippen LogP contribution in [0.2, 0.25) is 0 Å². The highest BCUT2D eigenvalue weighted by Crippen LogP contribution is 2.17. The Morgan fingerprint density at radius 2 is 1.67 bits per heavy atom. The first-order chi connectivity index (χ1) is 8.41. The van der Waals surface area contributed by atoms with E-state index >= 15 is 0 Å². The second-order valence-electron chi connectivity index (χ2n) is 4.48. The van der Waals surface area contributed by atoms with Crippen LogP contribution in [0.15, 0.2) is 25.3 Å². The van der Waals surface area contributed by atoms with E-state index in [0.29, 0.717) is 13.1 Å². The smallest absolute Gasteiger partial charge is 0.282 e. The molecule has 18 heavy (non-hydrogen) atoms. The Morgan fingerprint density at radius 1 is 1.22 bits per heavy atom. The molecule has 0 radical (unpaired) electrons. The maximum atomic E-state index is 12.5. The highest BCUT2D eigenvalue weighted by atomic mass is 32.2. The summed E-state index contributed by atoms with van der Waals surface area (Å²) in [7, 11) is -3.47. The minimum Gasteiger partial charge on any atom is -0.373 e. The van der Waals surface area contributed by atoms with Crippen molar-refractivity contribution in [2.45, 2.75) is 26.1 Å². The molecule has 1 heterocycles. The van der Waals surface area contributed by atoms with Gasteiger partial charge in [0, 0.05) is 26.2 Å². The van der Waals surface area contributed by atoms with Crippen molar-refractivity contribution in [3.8, 4) is 0 Å². The molecule has 2 atom stereocenters. The van der Waals surface area contributed by atoms with Crippen LogP contribution in [-0.2, 0) is 14.9 Å². The Balaban J connectivity index is 2.88. The van der Waals surface area contributed by atoms with E-state index in [1.165, 1.54) is 8.61 Å². The molecular formula is C12H22N2O3S. The number of hydrogen-bond donors (Lipinski definition) is 0. The predicted octanol–water partition coefficient (Wildman–Crippen LogP) is 1.01. The van der Waals surface area contributed by atoms with E-state index in [-0.39, 0.29) is 25.3 Å². The van der Waals surface area contributed by atoms with Gasteiger partial charge >= 0.3 is 0 Å². The van der Waals surface area contributed by atoms with Crippen LogP contribution in [0.4, 0.5) is 0 Å². The summed E-state index contributed by atoms with van der Waals surface area (Å²) in [6.07, 6.45) is 2.98. The average Bonchev–Trinajstić information content (AvgIpc) is 2.27. The van der Waals surface area contributed by atoms with Crippen LogP contribution >= 0.6 is 0 Å². The SMILES string of the molecule is C=CCN(CC=C)S(=O)(=O)N1CC(C)OC(C)C1. The molecule has 1 rings (SSSR count). The molecule has 1 aliphatic rings. The summed E-state index contributed by atoms with van der Waals surface area (Å²) in [6, 6.07) is 0. The van der Waals surface area contributed by atoms with Crippen molar-refractivity contribution < 1.29 is 13.2 Å². The molecule has 0 aromatic heterocycles. The molecule has 0 aromatic carbocycles. The lowest BCUT2D eigenvalue weighted by Gasteiger charge is -2.36. The van der Waals surface area contributed by atoms with E-state index in [2.05, 4.69) is 13.2 Å². The number of hydrogen-bond acceptors (Lipinski definition) is 3. The Kier molecular flexibility index (Phi) is 5.52. The molecule has 5 nitrogen and oxygen atoms in total. The minimum absolute atomic E-state index is 0.0853. The van der Waals surface area contributed by atoms with Crippen LogP contribution in [-0.4, -0.2) is 55.4 Å². The topological polar surface area (TPSA) is 49.9 Å². The van der Waals surface area contributed by atoms with Crippen molar-refractivity contribution in [1.29, 1.82) is 0 Å². The molecule has 0 aliphatic carbocycles. The van der Waals surface area contributed by atoms with Crippen molar-refractivity contribution >= 4 is 10.2 Å². The zero-order chi connectivity index (χ0) is 13.8. The zero-order valence-electron chi connectivity index (χ0n) is 11.1. The molecule has 1 aliphatic heterocycles. The molecule has 0 amide bonds. The third kappa shape index (κ3) is 3.65. The van der Waals surface area contributed by atoms with Gasteiger partial charge in [0.05, 0.1) is 12.2 Å². The van der Waals surface area contributed by atoms with Crippen LogP contribution in [0.1, 0.15) is 13.8 Å². The first-order valence-corrected chi connectivity index (χ1v) is 7.44. The van der Waals surface area contributed by atoms with E-state index in [9.17, 15) is 8.42 Å².